The summed E-state index contributed by atoms with van der Waals surface area (Å²) < 4.78 is 0. The highest BCUT2D eigenvalue weighted by molar-refractivity contribution is 7.16. The molecule has 0 amide bonds. The molecule has 98 valence electrons. The third-order valence-electron chi connectivity index (χ3n) is 2.90. The lowest BCUT2D eigenvalue weighted by molar-refractivity contribution is -0.990. The van der Waals surface area contributed by atoms with Crippen molar-refractivity contribution in [2.24, 2.45) is 0 Å². The van der Waals surface area contributed by atoms with Gasteiger partial charge in [0.05, 0.1) is 5.56 Å². The number of hydrogen-bond acceptors (Lipinski definition) is 5. The summed E-state index contributed by atoms with van der Waals surface area (Å²) in [5.41, 5.74) is 2.19. The molecule has 0 fully saturated rings. The predicted octanol–water partition coefficient (Wildman–Crippen LogP) is 2.38. The van der Waals surface area contributed by atoms with Gasteiger partial charge in [-0.1, -0.05) is 12.1 Å². The van der Waals surface area contributed by atoms with Gasteiger partial charge in [-0.15, -0.1) is 11.3 Å². The summed E-state index contributed by atoms with van der Waals surface area (Å²) in [7, 11) is 0. The van der Waals surface area contributed by atoms with Crippen molar-refractivity contribution >= 4 is 27.7 Å². The first-order valence-corrected chi connectivity index (χ1v) is 6.45. The smallest absolute Gasteiger partial charge is 0.187 e. The molecule has 6 heteroatoms. The van der Waals surface area contributed by atoms with Crippen LogP contribution in [0.15, 0.2) is 24.3 Å². The van der Waals surface area contributed by atoms with Crippen LogP contribution in [0.4, 0.5) is 16.4 Å². The van der Waals surface area contributed by atoms with E-state index in [-0.39, 0.29) is 5.69 Å². The Labute approximate surface area is 114 Å². The van der Waals surface area contributed by atoms with E-state index >= 15 is 0 Å². The van der Waals surface area contributed by atoms with E-state index in [1.807, 2.05) is 13.8 Å². The normalized spacial score (nSPS) is 11.9. The van der Waals surface area contributed by atoms with Crippen molar-refractivity contribution in [1.29, 1.82) is 5.26 Å². The Morgan fingerprint density at radius 2 is 2.05 bits per heavy atom. The first-order chi connectivity index (χ1) is 9.04. The predicted molar refractivity (Wildman–Crippen MR) is 74.0 cm³/mol. The third kappa shape index (κ3) is 2.59. The minimum absolute atomic E-state index is 0.190. The van der Waals surface area contributed by atoms with Gasteiger partial charge in [0.1, 0.15) is 16.8 Å². The molecule has 0 aliphatic heterocycles. The van der Waals surface area contributed by atoms with Crippen LogP contribution in [0.2, 0.25) is 0 Å². The number of nitrogens with zero attached hydrogens (tertiary/aromatic N) is 1. The number of rotatable bonds is 3. The van der Waals surface area contributed by atoms with Crippen molar-refractivity contribution in [2.75, 3.05) is 5.32 Å². The number of thiophene rings is 1. The lowest BCUT2D eigenvalue weighted by Gasteiger charge is -2.15. The van der Waals surface area contributed by atoms with Crippen molar-refractivity contribution in [3.05, 3.63) is 45.5 Å². The summed E-state index contributed by atoms with van der Waals surface area (Å²) in [6, 6.07) is 8.80. The van der Waals surface area contributed by atoms with Crippen LogP contribution in [0.3, 0.4) is 0 Å². The highest BCUT2D eigenvalue weighted by Crippen LogP contribution is 2.35. The Hall–Kier alpha value is -1.91. The Balaban J connectivity index is 2.43. The van der Waals surface area contributed by atoms with E-state index in [9.17, 15) is 5.21 Å². The largest absolute Gasteiger partial charge is 0.595 e. The zero-order valence-electron chi connectivity index (χ0n) is 10.5. The number of benzene rings is 1. The topological polar surface area (TPSA) is 83.6 Å². The molecule has 1 atom stereocenters. The standard InChI is InChI=1S/C13H13N3O2S/c1-8-9(2)19-13(10(8)7-14)15-11-5-3-4-6-12(11)16(17)18/h3-6,15-17H,1-2H3. The Morgan fingerprint density at radius 1 is 1.37 bits per heavy atom. The van der Waals surface area contributed by atoms with E-state index in [0.29, 0.717) is 16.3 Å². The van der Waals surface area contributed by atoms with Gasteiger partial charge in [0.25, 0.3) is 0 Å². The van der Waals surface area contributed by atoms with Crippen LogP contribution in [0, 0.1) is 30.4 Å². The fourth-order valence-corrected chi connectivity index (χ4v) is 2.77. The SMILES string of the molecule is Cc1sc(Nc2ccccc2[NH+]([O-])O)c(C#N)c1C. The first kappa shape index (κ1) is 13.5. The Morgan fingerprint density at radius 3 is 2.68 bits per heavy atom. The van der Waals surface area contributed by atoms with Gasteiger partial charge in [-0.05, 0) is 25.5 Å². The van der Waals surface area contributed by atoms with Gasteiger partial charge in [0.2, 0.25) is 0 Å². The van der Waals surface area contributed by atoms with Crippen molar-refractivity contribution in [2.45, 2.75) is 13.8 Å². The van der Waals surface area contributed by atoms with E-state index < -0.39 is 5.23 Å². The highest BCUT2D eigenvalue weighted by atomic mass is 32.1. The summed E-state index contributed by atoms with van der Waals surface area (Å²) in [5, 5.41) is 32.2. The molecule has 3 N–H and O–H groups in total. The molecule has 0 bridgehead atoms. The first-order valence-electron chi connectivity index (χ1n) is 5.64. The fraction of sp³-hybridized carbons (Fsp3) is 0.154. The maximum absolute atomic E-state index is 11.1. The number of anilines is 2. The lowest BCUT2D eigenvalue weighted by atomic mass is 10.2. The molecule has 0 spiro atoms. The number of hydrogen-bond donors (Lipinski definition) is 3. The quantitative estimate of drug-likeness (QED) is 0.751. The maximum atomic E-state index is 11.1. The highest BCUT2D eigenvalue weighted by Gasteiger charge is 2.15. The second kappa shape index (κ2) is 5.38. The van der Waals surface area contributed by atoms with Gasteiger partial charge >= 0.3 is 0 Å². The van der Waals surface area contributed by atoms with Gasteiger partial charge in [-0.25, -0.2) is 5.21 Å². The average molecular weight is 275 g/mol. The van der Waals surface area contributed by atoms with E-state index in [0.717, 1.165) is 10.4 Å². The van der Waals surface area contributed by atoms with Gasteiger partial charge in [0, 0.05) is 10.9 Å². The molecule has 0 aliphatic carbocycles. The van der Waals surface area contributed by atoms with Gasteiger partial charge < -0.3 is 10.5 Å². The van der Waals surface area contributed by atoms with Crippen LogP contribution in [-0.4, -0.2) is 5.21 Å². The van der Waals surface area contributed by atoms with Crippen LogP contribution in [0.1, 0.15) is 16.0 Å². The van der Waals surface area contributed by atoms with Crippen LogP contribution in [0.5, 0.6) is 0 Å². The zero-order chi connectivity index (χ0) is 14.0. The van der Waals surface area contributed by atoms with Gasteiger partial charge in [-0.2, -0.15) is 10.5 Å². The van der Waals surface area contributed by atoms with Crippen LogP contribution in [0.25, 0.3) is 0 Å². The molecule has 5 nitrogen and oxygen atoms in total. The molecular formula is C13H13N3O2S. The van der Waals surface area contributed by atoms with Crippen LogP contribution < -0.4 is 10.5 Å². The second-order valence-electron chi connectivity index (χ2n) is 4.07. The molecule has 2 rings (SSSR count). The number of para-hydroxylation sites is 2. The average Bonchev–Trinajstić information content (AvgIpc) is 2.65. The fourth-order valence-electron chi connectivity index (χ4n) is 1.75. The number of nitrogens with one attached hydrogen (secondary N) is 2. The Kier molecular flexibility index (Phi) is 3.83. The molecule has 1 aromatic carbocycles. The molecule has 0 saturated heterocycles. The van der Waals surface area contributed by atoms with Crippen LogP contribution in [-0.2, 0) is 0 Å². The zero-order valence-corrected chi connectivity index (χ0v) is 11.3. The van der Waals surface area contributed by atoms with E-state index in [1.165, 1.54) is 17.4 Å². The minimum atomic E-state index is -0.994. The number of nitriles is 1. The number of quaternary nitrogens is 1. The Bertz CT molecular complexity index is 644. The number of aryl methyl sites for hydroxylation is 1. The summed E-state index contributed by atoms with van der Waals surface area (Å²) in [6.07, 6.45) is 0. The van der Waals surface area contributed by atoms with Crippen molar-refractivity contribution in [3.8, 4) is 6.07 Å². The molecule has 2 aromatic rings. The van der Waals surface area contributed by atoms with E-state index in [2.05, 4.69) is 11.4 Å². The minimum Gasteiger partial charge on any atom is -0.595 e. The monoisotopic (exact) mass is 275 g/mol. The second-order valence-corrected chi connectivity index (χ2v) is 5.30. The summed E-state index contributed by atoms with van der Waals surface area (Å²) in [5.74, 6) is 0. The summed E-state index contributed by atoms with van der Waals surface area (Å²) in [4.78, 5) is 1.05. The van der Waals surface area contributed by atoms with E-state index in [4.69, 9.17) is 10.5 Å². The third-order valence-corrected chi connectivity index (χ3v) is 4.03. The molecule has 1 aromatic heterocycles. The van der Waals surface area contributed by atoms with Crippen molar-refractivity contribution in [3.63, 3.8) is 0 Å². The summed E-state index contributed by atoms with van der Waals surface area (Å²) in [6.45, 7) is 3.83. The van der Waals surface area contributed by atoms with E-state index in [1.54, 1.807) is 18.2 Å². The van der Waals surface area contributed by atoms with Crippen molar-refractivity contribution < 1.29 is 10.4 Å². The molecule has 1 unspecified atom stereocenters. The lowest BCUT2D eigenvalue weighted by Crippen LogP contribution is -2.99. The molecule has 19 heavy (non-hydrogen) atoms. The van der Waals surface area contributed by atoms with Crippen LogP contribution >= 0.6 is 11.3 Å². The maximum Gasteiger partial charge on any atom is 0.187 e. The molecule has 0 aliphatic rings. The summed E-state index contributed by atoms with van der Waals surface area (Å²) >= 11 is 1.45. The molecule has 1 heterocycles. The molecule has 0 radical (unpaired) electrons. The molecular weight excluding hydrogens is 262 g/mol. The van der Waals surface area contributed by atoms with Gasteiger partial charge in [-0.3, -0.25) is 0 Å². The van der Waals surface area contributed by atoms with Crippen molar-refractivity contribution in [1.82, 2.24) is 0 Å². The van der Waals surface area contributed by atoms with Gasteiger partial charge in [0.15, 0.2) is 5.69 Å². The molecule has 0 saturated carbocycles.